The highest BCUT2D eigenvalue weighted by Gasteiger charge is 2.25. The highest BCUT2D eigenvalue weighted by Crippen LogP contribution is 2.31. The Labute approximate surface area is 163 Å². The number of thiazole rings is 1. The fourth-order valence-electron chi connectivity index (χ4n) is 3.48. The third-order valence-electron chi connectivity index (χ3n) is 4.87. The molecule has 0 saturated carbocycles. The molecule has 0 aliphatic carbocycles. The number of nitrogens with zero attached hydrogens (tertiary/aromatic N) is 3. The zero-order valence-electron chi connectivity index (χ0n) is 15.0. The standard InChI is InChI=1S/C21H22N4OS/c26-16-20(23-21-22-10-15-27-21)25-13-11-24(12-14-25)19-9-5-4-8-18(19)17-6-2-1-3-7-17/h1-10,15-16,20H,11-14H2,(H,22,23). The number of nitrogens with one attached hydrogen (secondary N) is 1. The lowest BCUT2D eigenvalue weighted by Gasteiger charge is -2.39. The van der Waals surface area contributed by atoms with Crippen molar-refractivity contribution in [2.45, 2.75) is 6.17 Å². The molecular weight excluding hydrogens is 356 g/mol. The van der Waals surface area contributed by atoms with Crippen molar-refractivity contribution in [2.75, 3.05) is 36.4 Å². The number of piperazine rings is 1. The SMILES string of the molecule is O=CC(Nc1nccs1)N1CCN(c2ccccc2-c2ccccc2)CC1. The van der Waals surface area contributed by atoms with Gasteiger partial charge in [0, 0.05) is 49.0 Å². The third kappa shape index (κ3) is 4.02. The van der Waals surface area contributed by atoms with Crippen LogP contribution in [0.4, 0.5) is 10.8 Å². The van der Waals surface area contributed by atoms with Crippen LogP contribution in [0.25, 0.3) is 11.1 Å². The minimum Gasteiger partial charge on any atom is -0.368 e. The molecule has 4 rings (SSSR count). The fraction of sp³-hybridized carbons (Fsp3) is 0.238. The van der Waals surface area contributed by atoms with E-state index in [1.807, 2.05) is 11.4 Å². The average Bonchev–Trinajstić information content (AvgIpc) is 3.26. The van der Waals surface area contributed by atoms with Crippen LogP contribution in [-0.2, 0) is 4.79 Å². The monoisotopic (exact) mass is 378 g/mol. The van der Waals surface area contributed by atoms with Crippen LogP contribution >= 0.6 is 11.3 Å². The van der Waals surface area contributed by atoms with Crippen LogP contribution in [0.3, 0.4) is 0 Å². The Morgan fingerprint density at radius 2 is 1.74 bits per heavy atom. The van der Waals surface area contributed by atoms with Gasteiger partial charge in [-0.1, -0.05) is 48.5 Å². The summed E-state index contributed by atoms with van der Waals surface area (Å²) < 4.78 is 0. The number of benzene rings is 2. The fourth-order valence-corrected chi connectivity index (χ4v) is 4.05. The Kier molecular flexibility index (Phi) is 5.46. The number of carbonyl (C=O) groups is 1. The van der Waals surface area contributed by atoms with Crippen molar-refractivity contribution < 1.29 is 4.79 Å². The van der Waals surface area contributed by atoms with E-state index in [0.29, 0.717) is 0 Å². The van der Waals surface area contributed by atoms with E-state index in [2.05, 4.69) is 68.6 Å². The quantitative estimate of drug-likeness (QED) is 0.665. The lowest BCUT2D eigenvalue weighted by molar-refractivity contribution is -0.111. The summed E-state index contributed by atoms with van der Waals surface area (Å²) in [5, 5.41) is 5.90. The summed E-state index contributed by atoms with van der Waals surface area (Å²) in [5.41, 5.74) is 3.73. The van der Waals surface area contributed by atoms with Gasteiger partial charge >= 0.3 is 0 Å². The van der Waals surface area contributed by atoms with Crippen LogP contribution in [-0.4, -0.2) is 48.5 Å². The molecule has 5 nitrogen and oxygen atoms in total. The zero-order chi connectivity index (χ0) is 18.5. The first-order chi connectivity index (χ1) is 13.3. The van der Waals surface area contributed by atoms with E-state index >= 15 is 0 Å². The van der Waals surface area contributed by atoms with Gasteiger partial charge in [-0.15, -0.1) is 11.3 Å². The summed E-state index contributed by atoms with van der Waals surface area (Å²) >= 11 is 1.51. The molecule has 1 unspecified atom stereocenters. The van der Waals surface area contributed by atoms with Crippen molar-refractivity contribution in [1.82, 2.24) is 9.88 Å². The molecule has 6 heteroatoms. The lowest BCUT2D eigenvalue weighted by Crippen LogP contribution is -2.53. The first-order valence-corrected chi connectivity index (χ1v) is 9.98. The maximum absolute atomic E-state index is 11.6. The molecule has 1 fully saturated rings. The van der Waals surface area contributed by atoms with Gasteiger partial charge in [-0.05, 0) is 11.6 Å². The predicted octanol–water partition coefficient (Wildman–Crippen LogP) is 3.57. The Hall–Kier alpha value is -2.70. The number of hydrogen-bond acceptors (Lipinski definition) is 6. The number of aromatic nitrogens is 1. The molecule has 1 N–H and O–H groups in total. The van der Waals surface area contributed by atoms with Gasteiger partial charge in [0.05, 0.1) is 0 Å². The van der Waals surface area contributed by atoms with Crippen LogP contribution < -0.4 is 10.2 Å². The van der Waals surface area contributed by atoms with Gasteiger partial charge in [-0.2, -0.15) is 0 Å². The van der Waals surface area contributed by atoms with Crippen LogP contribution in [0, 0.1) is 0 Å². The summed E-state index contributed by atoms with van der Waals surface area (Å²) in [6, 6.07) is 19.0. The molecule has 1 aromatic heterocycles. The summed E-state index contributed by atoms with van der Waals surface area (Å²) in [6.45, 7) is 3.41. The van der Waals surface area contributed by atoms with Crippen molar-refractivity contribution in [3.05, 3.63) is 66.2 Å². The molecule has 2 heterocycles. The number of carbonyl (C=O) groups excluding carboxylic acids is 1. The third-order valence-corrected chi connectivity index (χ3v) is 5.57. The van der Waals surface area contributed by atoms with E-state index in [9.17, 15) is 4.79 Å². The van der Waals surface area contributed by atoms with Gasteiger partial charge in [0.15, 0.2) is 11.4 Å². The van der Waals surface area contributed by atoms with Gasteiger partial charge < -0.3 is 10.2 Å². The Balaban J connectivity index is 1.46. The molecule has 0 amide bonds. The normalized spacial score (nSPS) is 16.1. The molecule has 138 valence electrons. The van der Waals surface area contributed by atoms with E-state index in [4.69, 9.17) is 0 Å². The van der Waals surface area contributed by atoms with Crippen molar-refractivity contribution in [1.29, 1.82) is 0 Å². The second-order valence-corrected chi connectivity index (χ2v) is 7.36. The molecule has 0 spiro atoms. The van der Waals surface area contributed by atoms with Gasteiger partial charge in [-0.3, -0.25) is 9.69 Å². The van der Waals surface area contributed by atoms with E-state index in [-0.39, 0.29) is 6.17 Å². The molecule has 1 saturated heterocycles. The highest BCUT2D eigenvalue weighted by molar-refractivity contribution is 7.13. The first-order valence-electron chi connectivity index (χ1n) is 9.10. The Morgan fingerprint density at radius 1 is 1.00 bits per heavy atom. The van der Waals surface area contributed by atoms with Crippen molar-refractivity contribution >= 4 is 28.4 Å². The summed E-state index contributed by atoms with van der Waals surface area (Å²) in [7, 11) is 0. The smallest absolute Gasteiger partial charge is 0.184 e. The van der Waals surface area contributed by atoms with Crippen LogP contribution in [0.1, 0.15) is 0 Å². The maximum Gasteiger partial charge on any atom is 0.184 e. The van der Waals surface area contributed by atoms with Gasteiger partial charge in [0.25, 0.3) is 0 Å². The van der Waals surface area contributed by atoms with Crippen molar-refractivity contribution in [3.63, 3.8) is 0 Å². The average molecular weight is 379 g/mol. The molecule has 1 aliphatic heterocycles. The molecule has 0 bridgehead atoms. The molecule has 2 aromatic carbocycles. The Morgan fingerprint density at radius 3 is 2.44 bits per heavy atom. The summed E-state index contributed by atoms with van der Waals surface area (Å²) in [4.78, 5) is 20.4. The molecule has 0 radical (unpaired) electrons. The molecule has 27 heavy (non-hydrogen) atoms. The number of aldehydes is 1. The zero-order valence-corrected chi connectivity index (χ0v) is 15.8. The minimum atomic E-state index is -0.331. The van der Waals surface area contributed by atoms with E-state index in [1.54, 1.807) is 6.20 Å². The second kappa shape index (κ2) is 8.33. The minimum absolute atomic E-state index is 0.331. The second-order valence-electron chi connectivity index (χ2n) is 6.47. The largest absolute Gasteiger partial charge is 0.368 e. The van der Waals surface area contributed by atoms with Gasteiger partial charge in [0.2, 0.25) is 0 Å². The van der Waals surface area contributed by atoms with Crippen LogP contribution in [0.2, 0.25) is 0 Å². The first kappa shape index (κ1) is 17.7. The molecule has 1 aliphatic rings. The lowest BCUT2D eigenvalue weighted by atomic mass is 10.0. The predicted molar refractivity (Wildman–Crippen MR) is 111 cm³/mol. The number of rotatable bonds is 6. The summed E-state index contributed by atoms with van der Waals surface area (Å²) in [6.07, 6.45) is 2.38. The molecule has 3 aromatic rings. The number of hydrogen-bond donors (Lipinski definition) is 1. The van der Waals surface area contributed by atoms with E-state index in [1.165, 1.54) is 28.2 Å². The molecule has 1 atom stereocenters. The summed E-state index contributed by atoms with van der Waals surface area (Å²) in [5.74, 6) is 0. The van der Waals surface area contributed by atoms with Gasteiger partial charge in [-0.25, -0.2) is 4.98 Å². The number of para-hydroxylation sites is 1. The topological polar surface area (TPSA) is 48.5 Å². The highest BCUT2D eigenvalue weighted by atomic mass is 32.1. The Bertz CT molecular complexity index is 861. The van der Waals surface area contributed by atoms with E-state index in [0.717, 1.165) is 37.6 Å². The number of anilines is 2. The van der Waals surface area contributed by atoms with Gasteiger partial charge in [0.1, 0.15) is 6.17 Å². The maximum atomic E-state index is 11.6. The van der Waals surface area contributed by atoms with Crippen LogP contribution in [0.15, 0.2) is 66.2 Å². The van der Waals surface area contributed by atoms with E-state index < -0.39 is 0 Å². The molecular formula is C21H22N4OS. The van der Waals surface area contributed by atoms with Crippen molar-refractivity contribution in [2.24, 2.45) is 0 Å². The van der Waals surface area contributed by atoms with Crippen molar-refractivity contribution in [3.8, 4) is 11.1 Å². The van der Waals surface area contributed by atoms with Crippen LogP contribution in [0.5, 0.6) is 0 Å².